The third-order valence-electron chi connectivity index (χ3n) is 5.35. The minimum Gasteiger partial charge on any atom is -0.497 e. The number of carbonyl (C=O) groups excluding carboxylic acids is 1. The second kappa shape index (κ2) is 6.70. The number of hydrogen-bond acceptors (Lipinski definition) is 5. The molecular weight excluding hydrogens is 384 g/mol. The van der Waals surface area contributed by atoms with Crippen molar-refractivity contribution >= 4 is 33.3 Å². The second-order valence-electron chi connectivity index (χ2n) is 7.31. The van der Waals surface area contributed by atoms with Crippen LogP contribution < -0.4 is 10.1 Å². The maximum Gasteiger partial charge on any atom is 0.226 e. The van der Waals surface area contributed by atoms with Gasteiger partial charge in [-0.1, -0.05) is 41.2 Å². The Bertz CT molecular complexity index is 1240. The molecule has 1 aliphatic heterocycles. The summed E-state index contributed by atoms with van der Waals surface area (Å²) in [5.41, 5.74) is 5.17. The van der Waals surface area contributed by atoms with Gasteiger partial charge in [0.25, 0.3) is 0 Å². The molecule has 5 rings (SSSR count). The highest BCUT2D eigenvalue weighted by atomic mass is 32.1. The zero-order valence-electron chi connectivity index (χ0n) is 16.4. The van der Waals surface area contributed by atoms with E-state index in [-0.39, 0.29) is 11.8 Å². The Morgan fingerprint density at radius 2 is 1.97 bits per heavy atom. The number of aryl methyl sites for hydroxylation is 2. The van der Waals surface area contributed by atoms with Crippen molar-refractivity contribution in [2.75, 3.05) is 12.4 Å². The first-order valence-electron chi connectivity index (χ1n) is 9.44. The van der Waals surface area contributed by atoms with E-state index in [4.69, 9.17) is 14.8 Å². The largest absolute Gasteiger partial charge is 0.497 e. The summed E-state index contributed by atoms with van der Waals surface area (Å²) in [6.07, 6.45) is 0.416. The van der Waals surface area contributed by atoms with E-state index in [0.29, 0.717) is 6.42 Å². The summed E-state index contributed by atoms with van der Waals surface area (Å²) in [4.78, 5) is 17.3. The van der Waals surface area contributed by atoms with Crippen LogP contribution in [0, 0.1) is 13.8 Å². The van der Waals surface area contributed by atoms with Crippen LogP contribution in [-0.2, 0) is 4.79 Å². The summed E-state index contributed by atoms with van der Waals surface area (Å²) < 4.78 is 8.09. The molecule has 0 bridgehead atoms. The zero-order valence-corrected chi connectivity index (χ0v) is 17.2. The summed E-state index contributed by atoms with van der Waals surface area (Å²) in [6, 6.07) is 14.2. The molecule has 6 nitrogen and oxygen atoms in total. The highest BCUT2D eigenvalue weighted by Gasteiger charge is 2.33. The summed E-state index contributed by atoms with van der Waals surface area (Å²) in [7, 11) is 1.65. The number of amides is 1. The molecule has 0 aliphatic carbocycles. The first kappa shape index (κ1) is 17.9. The quantitative estimate of drug-likeness (QED) is 0.543. The summed E-state index contributed by atoms with van der Waals surface area (Å²) in [6.45, 7) is 4.05. The van der Waals surface area contributed by atoms with Crippen LogP contribution in [0.1, 0.15) is 34.7 Å². The molecule has 0 radical (unpaired) electrons. The number of carbonyl (C=O) groups is 1. The van der Waals surface area contributed by atoms with Crippen molar-refractivity contribution in [1.29, 1.82) is 0 Å². The molecule has 1 aliphatic rings. The molecule has 3 heterocycles. The van der Waals surface area contributed by atoms with Gasteiger partial charge in [-0.15, -0.1) is 0 Å². The van der Waals surface area contributed by atoms with E-state index < -0.39 is 0 Å². The van der Waals surface area contributed by atoms with Crippen LogP contribution >= 0.6 is 11.3 Å². The lowest BCUT2D eigenvalue weighted by atomic mass is 9.85. The van der Waals surface area contributed by atoms with Gasteiger partial charge in [-0.3, -0.25) is 4.79 Å². The number of nitrogens with one attached hydrogen (secondary N) is 1. The van der Waals surface area contributed by atoms with E-state index in [0.717, 1.165) is 43.7 Å². The molecule has 2 aromatic heterocycles. The number of anilines is 1. The lowest BCUT2D eigenvalue weighted by molar-refractivity contribution is -0.116. The fourth-order valence-corrected chi connectivity index (χ4v) is 4.83. The number of methoxy groups -OCH3 is 1. The first-order chi connectivity index (χ1) is 14.0. The topological polar surface area (TPSA) is 69.0 Å². The van der Waals surface area contributed by atoms with Crippen molar-refractivity contribution in [3.8, 4) is 10.9 Å². The number of ether oxygens (including phenoxy) is 1. The van der Waals surface area contributed by atoms with Crippen LogP contribution in [0.3, 0.4) is 0 Å². The van der Waals surface area contributed by atoms with E-state index in [1.807, 2.05) is 25.1 Å². The Kier molecular flexibility index (Phi) is 4.13. The Hall–Kier alpha value is -3.19. The van der Waals surface area contributed by atoms with E-state index >= 15 is 0 Å². The van der Waals surface area contributed by atoms with Crippen molar-refractivity contribution in [1.82, 2.24) is 14.8 Å². The number of hydrogen-bond donors (Lipinski definition) is 1. The molecule has 0 saturated carbocycles. The molecule has 146 valence electrons. The van der Waals surface area contributed by atoms with Gasteiger partial charge in [-0.05, 0) is 37.6 Å². The molecule has 0 fully saturated rings. The average Bonchev–Trinajstić information content (AvgIpc) is 3.28. The fourth-order valence-electron chi connectivity index (χ4n) is 3.88. The van der Waals surface area contributed by atoms with Crippen molar-refractivity contribution in [3.05, 3.63) is 64.8 Å². The number of rotatable bonds is 3. The van der Waals surface area contributed by atoms with Crippen LogP contribution in [0.15, 0.2) is 42.5 Å². The first-order valence-corrected chi connectivity index (χ1v) is 10.3. The number of fused-ring (bicyclic) bond motifs is 2. The Balaban J connectivity index is 1.64. The molecule has 0 spiro atoms. The average molecular weight is 404 g/mol. The number of benzene rings is 2. The monoisotopic (exact) mass is 404 g/mol. The maximum absolute atomic E-state index is 12.5. The minimum absolute atomic E-state index is 0.00740. The van der Waals surface area contributed by atoms with Crippen LogP contribution in [0.4, 0.5) is 5.82 Å². The normalized spacial score (nSPS) is 16.0. The third-order valence-corrected chi connectivity index (χ3v) is 6.34. The van der Waals surface area contributed by atoms with Crippen molar-refractivity contribution in [3.63, 3.8) is 0 Å². The van der Waals surface area contributed by atoms with Gasteiger partial charge >= 0.3 is 0 Å². The van der Waals surface area contributed by atoms with Gasteiger partial charge < -0.3 is 10.1 Å². The van der Waals surface area contributed by atoms with Gasteiger partial charge in [-0.2, -0.15) is 9.78 Å². The maximum atomic E-state index is 12.5. The lowest BCUT2D eigenvalue weighted by Gasteiger charge is -2.24. The number of aromatic nitrogens is 3. The van der Waals surface area contributed by atoms with Crippen LogP contribution in [-0.4, -0.2) is 27.8 Å². The van der Waals surface area contributed by atoms with Gasteiger partial charge in [0.1, 0.15) is 11.6 Å². The molecule has 29 heavy (non-hydrogen) atoms. The standard InChI is InChI=1S/C22H20N4O2S/c1-12-4-6-14(7-5-12)16-11-19(27)24-21-20(16)13(2)25-26(21)22-23-17-9-8-15(28-3)10-18(17)29-22/h4-10,16H,11H2,1-3H3,(H,24,27). The molecule has 1 N–H and O–H groups in total. The molecule has 2 aromatic carbocycles. The van der Waals surface area contributed by atoms with E-state index in [2.05, 4.69) is 36.5 Å². The van der Waals surface area contributed by atoms with Gasteiger partial charge in [-0.25, -0.2) is 4.98 Å². The van der Waals surface area contributed by atoms with E-state index in [1.54, 1.807) is 11.8 Å². The molecule has 1 unspecified atom stereocenters. The van der Waals surface area contributed by atoms with Crippen LogP contribution in [0.25, 0.3) is 15.3 Å². The van der Waals surface area contributed by atoms with Crippen molar-refractivity contribution in [2.45, 2.75) is 26.2 Å². The van der Waals surface area contributed by atoms with Gasteiger partial charge in [0.2, 0.25) is 11.0 Å². The SMILES string of the molecule is COc1ccc2nc(-n3nc(C)c4c3NC(=O)CC4c3ccc(C)cc3)sc2c1. The third kappa shape index (κ3) is 2.98. The number of thiazole rings is 1. The van der Waals surface area contributed by atoms with Crippen molar-refractivity contribution in [2.24, 2.45) is 0 Å². The van der Waals surface area contributed by atoms with E-state index in [1.165, 1.54) is 16.9 Å². The minimum atomic E-state index is -0.0115. The molecule has 0 saturated heterocycles. The predicted octanol–water partition coefficient (Wildman–Crippen LogP) is 4.58. The van der Waals surface area contributed by atoms with Gasteiger partial charge in [0, 0.05) is 17.9 Å². The second-order valence-corrected chi connectivity index (χ2v) is 8.31. The smallest absolute Gasteiger partial charge is 0.226 e. The molecule has 4 aromatic rings. The van der Waals surface area contributed by atoms with Gasteiger partial charge in [0.05, 0.1) is 23.0 Å². The molecule has 7 heteroatoms. The molecule has 1 atom stereocenters. The number of nitrogens with zero attached hydrogens (tertiary/aromatic N) is 3. The highest BCUT2D eigenvalue weighted by molar-refractivity contribution is 7.20. The molecule has 1 amide bonds. The fraction of sp³-hybridized carbons (Fsp3) is 0.227. The van der Waals surface area contributed by atoms with Crippen LogP contribution in [0.5, 0.6) is 5.75 Å². The van der Waals surface area contributed by atoms with Crippen molar-refractivity contribution < 1.29 is 9.53 Å². The van der Waals surface area contributed by atoms with E-state index in [9.17, 15) is 4.79 Å². The van der Waals surface area contributed by atoms with Crippen LogP contribution in [0.2, 0.25) is 0 Å². The Morgan fingerprint density at radius 1 is 1.17 bits per heavy atom. The predicted molar refractivity (Wildman–Crippen MR) is 114 cm³/mol. The summed E-state index contributed by atoms with van der Waals surface area (Å²) >= 11 is 1.52. The summed E-state index contributed by atoms with van der Waals surface area (Å²) in [5.74, 6) is 1.49. The Labute approximate surface area is 172 Å². The lowest BCUT2D eigenvalue weighted by Crippen LogP contribution is -2.24. The van der Waals surface area contributed by atoms with Gasteiger partial charge in [0.15, 0.2) is 0 Å². The summed E-state index contributed by atoms with van der Waals surface area (Å²) in [5, 5.41) is 8.50. The zero-order chi connectivity index (χ0) is 20.1. The molecular formula is C22H20N4O2S. The Morgan fingerprint density at radius 3 is 2.72 bits per heavy atom. The highest BCUT2D eigenvalue weighted by Crippen LogP contribution is 2.41.